The standard InChI is InChI=1S/C23H15N3O3/c24-14-29-23-3-1-2-19(12-17-4-8-20(9-5-17)25-15-27)22(23)13-18-6-10-21(11-7-18)26-16-28/h1-11H,12-13H2. The zero-order valence-electron chi connectivity index (χ0n) is 15.3. The van der Waals surface area contributed by atoms with E-state index in [0.717, 1.165) is 22.3 Å². The summed E-state index contributed by atoms with van der Waals surface area (Å²) in [7, 11) is 0. The first-order valence-corrected chi connectivity index (χ1v) is 8.74. The average molecular weight is 381 g/mol. The highest BCUT2D eigenvalue weighted by atomic mass is 16.5. The van der Waals surface area contributed by atoms with Gasteiger partial charge in [0.1, 0.15) is 5.75 Å². The molecule has 0 aliphatic carbocycles. The molecule has 3 aromatic carbocycles. The normalized spacial score (nSPS) is 9.62. The maximum Gasteiger partial charge on any atom is 0.292 e. The van der Waals surface area contributed by atoms with Crippen molar-refractivity contribution >= 4 is 23.5 Å². The first kappa shape index (κ1) is 19.5. The van der Waals surface area contributed by atoms with Gasteiger partial charge >= 0.3 is 0 Å². The predicted molar refractivity (Wildman–Crippen MR) is 107 cm³/mol. The number of carbonyl (C=O) groups excluding carboxylic acids is 2. The van der Waals surface area contributed by atoms with E-state index >= 15 is 0 Å². The van der Waals surface area contributed by atoms with Crippen molar-refractivity contribution in [2.75, 3.05) is 0 Å². The number of ether oxygens (including phenoxy) is 1. The molecule has 0 aromatic heterocycles. The third-order valence-corrected chi connectivity index (χ3v) is 4.38. The van der Waals surface area contributed by atoms with Crippen LogP contribution in [0.3, 0.4) is 0 Å². The van der Waals surface area contributed by atoms with Crippen molar-refractivity contribution in [1.29, 1.82) is 5.26 Å². The van der Waals surface area contributed by atoms with Gasteiger partial charge in [-0.1, -0.05) is 36.4 Å². The van der Waals surface area contributed by atoms with Crippen LogP contribution in [0.4, 0.5) is 11.4 Å². The Morgan fingerprint density at radius 1 is 0.759 bits per heavy atom. The van der Waals surface area contributed by atoms with Crippen LogP contribution in [0.25, 0.3) is 0 Å². The number of nitriles is 1. The van der Waals surface area contributed by atoms with Gasteiger partial charge in [-0.2, -0.15) is 9.98 Å². The van der Waals surface area contributed by atoms with Gasteiger partial charge in [-0.15, -0.1) is 5.26 Å². The third-order valence-electron chi connectivity index (χ3n) is 4.38. The molecular weight excluding hydrogens is 366 g/mol. The molecule has 6 nitrogen and oxygen atoms in total. The second kappa shape index (κ2) is 9.59. The molecule has 0 unspecified atom stereocenters. The van der Waals surface area contributed by atoms with E-state index in [4.69, 9.17) is 10.00 Å². The number of nitrogens with zero attached hydrogens (tertiary/aromatic N) is 3. The highest BCUT2D eigenvalue weighted by Crippen LogP contribution is 2.28. The molecular formula is C23H15N3O3. The Balaban J connectivity index is 1.92. The maximum atomic E-state index is 10.4. The number of aliphatic imine (C=N–C) groups is 2. The van der Waals surface area contributed by atoms with E-state index in [-0.39, 0.29) is 0 Å². The Hall–Kier alpha value is -4.29. The van der Waals surface area contributed by atoms with Crippen LogP contribution in [0.15, 0.2) is 76.7 Å². The fourth-order valence-corrected chi connectivity index (χ4v) is 3.03. The lowest BCUT2D eigenvalue weighted by molar-refractivity contribution is 0.500. The summed E-state index contributed by atoms with van der Waals surface area (Å²) in [6.45, 7) is 0. The zero-order chi connectivity index (χ0) is 20.5. The molecule has 0 aliphatic heterocycles. The van der Waals surface area contributed by atoms with E-state index in [1.165, 1.54) is 12.2 Å². The van der Waals surface area contributed by atoms with Gasteiger partial charge in [0.25, 0.3) is 6.26 Å². The molecule has 0 radical (unpaired) electrons. The molecule has 3 aromatic rings. The minimum Gasteiger partial charge on any atom is -0.388 e. The van der Waals surface area contributed by atoms with Crippen molar-refractivity contribution in [3.63, 3.8) is 0 Å². The molecule has 0 atom stereocenters. The Labute approximate surface area is 167 Å². The molecule has 0 fully saturated rings. The van der Waals surface area contributed by atoms with Gasteiger partial charge in [-0.05, 0) is 53.4 Å². The van der Waals surface area contributed by atoms with E-state index in [2.05, 4.69) is 9.98 Å². The van der Waals surface area contributed by atoms with Crippen molar-refractivity contribution in [2.45, 2.75) is 12.8 Å². The van der Waals surface area contributed by atoms with Gasteiger partial charge in [-0.3, -0.25) is 0 Å². The Morgan fingerprint density at radius 2 is 1.31 bits per heavy atom. The molecule has 29 heavy (non-hydrogen) atoms. The molecule has 0 saturated carbocycles. The first-order chi connectivity index (χ1) is 14.2. The minimum absolute atomic E-state index is 0.502. The van der Waals surface area contributed by atoms with Crippen LogP contribution in [0.5, 0.6) is 5.75 Å². The second-order valence-corrected chi connectivity index (χ2v) is 6.18. The molecule has 0 spiro atoms. The Kier molecular flexibility index (Phi) is 6.44. The van der Waals surface area contributed by atoms with Crippen LogP contribution >= 0.6 is 0 Å². The van der Waals surface area contributed by atoms with Crippen LogP contribution in [-0.4, -0.2) is 12.2 Å². The smallest absolute Gasteiger partial charge is 0.292 e. The number of rotatable bonds is 7. The zero-order valence-corrected chi connectivity index (χ0v) is 15.3. The number of benzene rings is 3. The summed E-state index contributed by atoms with van der Waals surface area (Å²) >= 11 is 0. The lowest BCUT2D eigenvalue weighted by Gasteiger charge is -2.13. The highest BCUT2D eigenvalue weighted by molar-refractivity contribution is 5.52. The van der Waals surface area contributed by atoms with Gasteiger partial charge in [0.05, 0.1) is 11.4 Å². The monoisotopic (exact) mass is 381 g/mol. The maximum absolute atomic E-state index is 10.4. The third kappa shape index (κ3) is 5.12. The molecule has 6 heteroatoms. The Bertz CT molecular complexity index is 1130. The summed E-state index contributed by atoms with van der Waals surface area (Å²) in [5.41, 5.74) is 5.00. The van der Waals surface area contributed by atoms with E-state index in [1.807, 2.05) is 36.4 Å². The fourth-order valence-electron chi connectivity index (χ4n) is 3.03. The van der Waals surface area contributed by atoms with Crippen LogP contribution in [0, 0.1) is 11.5 Å². The summed E-state index contributed by atoms with van der Waals surface area (Å²) in [6, 6.07) is 20.1. The molecule has 0 saturated heterocycles. The summed E-state index contributed by atoms with van der Waals surface area (Å²) in [5.74, 6) is 0.502. The van der Waals surface area contributed by atoms with Crippen LogP contribution in [-0.2, 0) is 22.4 Å². The molecule has 3 rings (SSSR count). The number of hydrogen-bond acceptors (Lipinski definition) is 6. The first-order valence-electron chi connectivity index (χ1n) is 8.74. The van der Waals surface area contributed by atoms with Crippen molar-refractivity contribution in [2.24, 2.45) is 9.98 Å². The molecule has 0 amide bonds. The summed E-state index contributed by atoms with van der Waals surface area (Å²) in [5, 5.41) is 9.00. The SMILES string of the molecule is N#COc1cccc(Cc2ccc(N=C=O)cc2)c1Cc1ccc(N=C=O)cc1. The quantitative estimate of drug-likeness (QED) is 0.338. The minimum atomic E-state index is 0.502. The average Bonchev–Trinajstić information content (AvgIpc) is 2.74. The lowest BCUT2D eigenvalue weighted by Crippen LogP contribution is -2.00. The summed E-state index contributed by atoms with van der Waals surface area (Å²) < 4.78 is 5.18. The topological polar surface area (TPSA) is 91.9 Å². The molecule has 0 bridgehead atoms. The van der Waals surface area contributed by atoms with E-state index in [0.29, 0.717) is 30.0 Å². The van der Waals surface area contributed by atoms with Gasteiger partial charge in [0.15, 0.2) is 0 Å². The number of hydrogen-bond donors (Lipinski definition) is 0. The van der Waals surface area contributed by atoms with E-state index in [1.54, 1.807) is 36.6 Å². The highest BCUT2D eigenvalue weighted by Gasteiger charge is 2.12. The van der Waals surface area contributed by atoms with Crippen LogP contribution in [0.1, 0.15) is 22.3 Å². The van der Waals surface area contributed by atoms with Gasteiger partial charge in [-0.25, -0.2) is 9.59 Å². The summed E-state index contributed by atoms with van der Waals surface area (Å²) in [6.07, 6.45) is 5.95. The van der Waals surface area contributed by atoms with Gasteiger partial charge in [0.2, 0.25) is 12.2 Å². The fraction of sp³-hybridized carbons (Fsp3) is 0.0870. The van der Waals surface area contributed by atoms with Crippen molar-refractivity contribution in [3.05, 3.63) is 89.0 Å². The molecule has 0 heterocycles. The predicted octanol–water partition coefficient (Wildman–Crippen LogP) is 4.66. The second-order valence-electron chi connectivity index (χ2n) is 6.18. The van der Waals surface area contributed by atoms with Gasteiger partial charge < -0.3 is 4.74 Å². The van der Waals surface area contributed by atoms with E-state index in [9.17, 15) is 9.59 Å². The Morgan fingerprint density at radius 3 is 1.83 bits per heavy atom. The van der Waals surface area contributed by atoms with Crippen molar-refractivity contribution < 1.29 is 14.3 Å². The van der Waals surface area contributed by atoms with Crippen molar-refractivity contribution in [3.8, 4) is 12.0 Å². The molecule has 0 aliphatic rings. The molecule has 0 N–H and O–H groups in total. The largest absolute Gasteiger partial charge is 0.388 e. The van der Waals surface area contributed by atoms with Crippen LogP contribution < -0.4 is 4.74 Å². The van der Waals surface area contributed by atoms with Crippen LogP contribution in [0.2, 0.25) is 0 Å². The molecule has 140 valence electrons. The van der Waals surface area contributed by atoms with E-state index < -0.39 is 0 Å². The summed E-state index contributed by atoms with van der Waals surface area (Å²) in [4.78, 5) is 27.9. The van der Waals surface area contributed by atoms with Crippen molar-refractivity contribution in [1.82, 2.24) is 0 Å². The number of isocyanates is 2. The lowest BCUT2D eigenvalue weighted by atomic mass is 9.94. The van der Waals surface area contributed by atoms with Gasteiger partial charge in [0, 0.05) is 12.0 Å².